The number of aliphatic hydroxyl groups excluding tert-OH is 1. The van der Waals surface area contributed by atoms with Crippen LogP contribution in [-0.4, -0.2) is 23.4 Å². The molecule has 1 rings (SSSR count). The number of hydrogen-bond donors (Lipinski definition) is 2. The number of anilines is 1. The van der Waals surface area contributed by atoms with Crippen molar-refractivity contribution in [3.63, 3.8) is 0 Å². The lowest BCUT2D eigenvalue weighted by atomic mass is 10.1. The van der Waals surface area contributed by atoms with E-state index in [-0.39, 0.29) is 18.3 Å². The summed E-state index contributed by atoms with van der Waals surface area (Å²) in [5, 5.41) is 11.3. The van der Waals surface area contributed by atoms with Crippen LogP contribution in [0.25, 0.3) is 0 Å². The molecule has 1 aromatic carbocycles. The highest BCUT2D eigenvalue weighted by Crippen LogP contribution is 2.10. The Kier molecular flexibility index (Phi) is 5.36. The van der Waals surface area contributed by atoms with E-state index >= 15 is 0 Å². The maximum absolute atomic E-state index is 11.4. The van der Waals surface area contributed by atoms with Crippen LogP contribution >= 0.6 is 0 Å². The maximum Gasteiger partial charge on any atom is 0.224 e. The van der Waals surface area contributed by atoms with Gasteiger partial charge in [0.15, 0.2) is 5.78 Å². The van der Waals surface area contributed by atoms with Gasteiger partial charge in [0.2, 0.25) is 5.91 Å². The first-order valence-electron chi connectivity index (χ1n) is 5.65. The van der Waals surface area contributed by atoms with Crippen LogP contribution in [0.5, 0.6) is 0 Å². The van der Waals surface area contributed by atoms with Gasteiger partial charge < -0.3 is 10.4 Å². The van der Waals surface area contributed by atoms with E-state index in [9.17, 15) is 9.59 Å². The van der Waals surface area contributed by atoms with Gasteiger partial charge in [-0.2, -0.15) is 0 Å². The average Bonchev–Trinajstić information content (AvgIpc) is 2.30. The third-order valence-electron chi connectivity index (χ3n) is 2.39. The topological polar surface area (TPSA) is 66.4 Å². The summed E-state index contributed by atoms with van der Waals surface area (Å²) in [5.74, 6) is -0.0696. The molecule has 0 radical (unpaired) electrons. The molecule has 1 aromatic rings. The first kappa shape index (κ1) is 13.4. The number of Topliss-reactive ketones (excluding diaryl/α,β-unsaturated/α-hetero) is 1. The maximum atomic E-state index is 11.4. The summed E-state index contributed by atoms with van der Waals surface area (Å²) in [6.45, 7) is 1.61. The fraction of sp³-hybridized carbons (Fsp3) is 0.385. The zero-order valence-electron chi connectivity index (χ0n) is 9.90. The molecule has 0 unspecified atom stereocenters. The number of nitrogens with one attached hydrogen (secondary N) is 1. The van der Waals surface area contributed by atoms with Gasteiger partial charge in [-0.25, -0.2) is 0 Å². The van der Waals surface area contributed by atoms with Crippen molar-refractivity contribution < 1.29 is 14.7 Å². The minimum Gasteiger partial charge on any atom is -0.396 e. The Hall–Kier alpha value is -1.68. The summed E-state index contributed by atoms with van der Waals surface area (Å²) in [7, 11) is 0. The molecule has 4 nitrogen and oxygen atoms in total. The second-order valence-corrected chi connectivity index (χ2v) is 3.86. The van der Waals surface area contributed by atoms with Crippen molar-refractivity contribution in [1.82, 2.24) is 0 Å². The van der Waals surface area contributed by atoms with Crippen LogP contribution in [-0.2, 0) is 4.79 Å². The highest BCUT2D eigenvalue weighted by atomic mass is 16.3. The lowest BCUT2D eigenvalue weighted by Crippen LogP contribution is -2.11. The Balaban J connectivity index is 2.46. The Bertz CT molecular complexity index is 384. The van der Waals surface area contributed by atoms with Crippen molar-refractivity contribution >= 4 is 17.4 Å². The lowest BCUT2D eigenvalue weighted by molar-refractivity contribution is -0.116. The van der Waals surface area contributed by atoms with Gasteiger partial charge in [0.1, 0.15) is 0 Å². The van der Waals surface area contributed by atoms with Crippen molar-refractivity contribution in [3.05, 3.63) is 29.8 Å². The van der Waals surface area contributed by atoms with Gasteiger partial charge in [-0.05, 0) is 44.0 Å². The molecular weight excluding hydrogens is 218 g/mol. The molecule has 2 N–H and O–H groups in total. The van der Waals surface area contributed by atoms with Gasteiger partial charge >= 0.3 is 0 Å². The Labute approximate surface area is 101 Å². The van der Waals surface area contributed by atoms with E-state index in [0.717, 1.165) is 0 Å². The molecule has 4 heteroatoms. The molecule has 0 heterocycles. The van der Waals surface area contributed by atoms with Crippen LogP contribution in [0.2, 0.25) is 0 Å². The molecule has 0 fully saturated rings. The lowest BCUT2D eigenvalue weighted by Gasteiger charge is -2.05. The van der Waals surface area contributed by atoms with Crippen molar-refractivity contribution in [2.24, 2.45) is 0 Å². The van der Waals surface area contributed by atoms with Gasteiger partial charge in [0.25, 0.3) is 0 Å². The molecule has 0 atom stereocenters. The summed E-state index contributed by atoms with van der Waals surface area (Å²) in [5.41, 5.74) is 1.31. The predicted molar refractivity (Wildman–Crippen MR) is 66.0 cm³/mol. The second kappa shape index (κ2) is 6.81. The third-order valence-corrected chi connectivity index (χ3v) is 2.39. The van der Waals surface area contributed by atoms with Crippen molar-refractivity contribution in [1.29, 1.82) is 0 Å². The fourth-order valence-corrected chi connectivity index (χ4v) is 1.41. The van der Waals surface area contributed by atoms with Crippen LogP contribution in [0.15, 0.2) is 24.3 Å². The van der Waals surface area contributed by atoms with E-state index in [2.05, 4.69) is 5.32 Å². The number of aliphatic hydroxyl groups is 1. The van der Waals surface area contributed by atoms with Crippen molar-refractivity contribution in [3.8, 4) is 0 Å². The SMILES string of the molecule is CC(=O)c1ccc(NC(=O)CCCCO)cc1. The summed E-state index contributed by atoms with van der Waals surface area (Å²) < 4.78 is 0. The highest BCUT2D eigenvalue weighted by Gasteiger charge is 2.03. The summed E-state index contributed by atoms with van der Waals surface area (Å²) in [4.78, 5) is 22.5. The van der Waals surface area contributed by atoms with Gasteiger partial charge in [-0.3, -0.25) is 9.59 Å². The molecule has 17 heavy (non-hydrogen) atoms. The standard InChI is InChI=1S/C13H17NO3/c1-10(16)11-5-7-12(8-6-11)14-13(17)4-2-3-9-15/h5-8,15H,2-4,9H2,1H3,(H,14,17). The molecule has 0 aliphatic carbocycles. The molecule has 1 amide bonds. The Morgan fingerprint density at radius 1 is 1.18 bits per heavy atom. The van der Waals surface area contributed by atoms with Crippen molar-refractivity contribution in [2.75, 3.05) is 11.9 Å². The summed E-state index contributed by atoms with van der Waals surface area (Å²) in [6, 6.07) is 6.79. The third kappa shape index (κ3) is 4.78. The van der Waals surface area contributed by atoms with Gasteiger partial charge in [-0.15, -0.1) is 0 Å². The average molecular weight is 235 g/mol. The zero-order chi connectivity index (χ0) is 12.7. The molecule has 0 bridgehead atoms. The van der Waals surface area contributed by atoms with E-state index in [0.29, 0.717) is 30.5 Å². The molecule has 0 aliphatic rings. The number of carbonyl (C=O) groups is 2. The molecule has 0 aromatic heterocycles. The van der Waals surface area contributed by atoms with Gasteiger partial charge in [0, 0.05) is 24.3 Å². The number of hydrogen-bond acceptors (Lipinski definition) is 3. The molecule has 0 saturated heterocycles. The Morgan fingerprint density at radius 3 is 2.35 bits per heavy atom. The van der Waals surface area contributed by atoms with Crippen LogP contribution in [0.1, 0.15) is 36.5 Å². The number of rotatable bonds is 6. The fourth-order valence-electron chi connectivity index (χ4n) is 1.41. The Morgan fingerprint density at radius 2 is 1.82 bits per heavy atom. The molecular formula is C13H17NO3. The van der Waals surface area contributed by atoms with Crippen LogP contribution in [0.4, 0.5) is 5.69 Å². The molecule has 92 valence electrons. The molecule has 0 saturated carbocycles. The van der Waals surface area contributed by atoms with E-state index in [1.54, 1.807) is 24.3 Å². The van der Waals surface area contributed by atoms with E-state index in [1.807, 2.05) is 0 Å². The number of benzene rings is 1. The highest BCUT2D eigenvalue weighted by molar-refractivity contribution is 5.95. The second-order valence-electron chi connectivity index (χ2n) is 3.86. The van der Waals surface area contributed by atoms with Gasteiger partial charge in [0.05, 0.1) is 0 Å². The minimum absolute atomic E-state index is 0.00539. The quantitative estimate of drug-likeness (QED) is 0.585. The van der Waals surface area contributed by atoms with E-state index in [1.165, 1.54) is 6.92 Å². The number of amides is 1. The minimum atomic E-state index is -0.0750. The number of carbonyl (C=O) groups excluding carboxylic acids is 2. The first-order valence-corrected chi connectivity index (χ1v) is 5.65. The first-order chi connectivity index (χ1) is 8.13. The van der Waals surface area contributed by atoms with Crippen LogP contribution in [0, 0.1) is 0 Å². The van der Waals surface area contributed by atoms with E-state index < -0.39 is 0 Å². The summed E-state index contributed by atoms with van der Waals surface area (Å²) in [6.07, 6.45) is 1.71. The number of unbranched alkanes of at least 4 members (excludes halogenated alkanes) is 1. The number of ketones is 1. The summed E-state index contributed by atoms with van der Waals surface area (Å²) >= 11 is 0. The molecule has 0 aliphatic heterocycles. The monoisotopic (exact) mass is 235 g/mol. The zero-order valence-corrected chi connectivity index (χ0v) is 9.90. The van der Waals surface area contributed by atoms with Crippen LogP contribution in [0.3, 0.4) is 0 Å². The predicted octanol–water partition coefficient (Wildman–Crippen LogP) is 1.99. The molecule has 0 spiro atoms. The normalized spacial score (nSPS) is 10.0. The van der Waals surface area contributed by atoms with Gasteiger partial charge in [-0.1, -0.05) is 0 Å². The smallest absolute Gasteiger partial charge is 0.224 e. The van der Waals surface area contributed by atoms with E-state index in [4.69, 9.17) is 5.11 Å². The largest absolute Gasteiger partial charge is 0.396 e. The van der Waals surface area contributed by atoms with Crippen molar-refractivity contribution in [2.45, 2.75) is 26.2 Å². The van der Waals surface area contributed by atoms with Crippen LogP contribution < -0.4 is 5.32 Å².